The molecule has 0 aromatic heterocycles. The van der Waals surface area contributed by atoms with Gasteiger partial charge in [-0.2, -0.15) is 0 Å². The second-order valence-corrected chi connectivity index (χ2v) is 18.5. The van der Waals surface area contributed by atoms with Gasteiger partial charge in [-0.15, -0.1) is 0 Å². The van der Waals surface area contributed by atoms with Crippen LogP contribution in [0.1, 0.15) is 226 Å². The number of phosphoric acid groups is 1. The fraction of sp³-hybridized carbons (Fsp3) is 0.978. The second-order valence-electron chi connectivity index (χ2n) is 17.1. The van der Waals surface area contributed by atoms with Gasteiger partial charge in [-0.1, -0.05) is 206 Å². The lowest BCUT2D eigenvalue weighted by Gasteiger charge is -2.28. The van der Waals surface area contributed by atoms with Gasteiger partial charge < -0.3 is 27.9 Å². The summed E-state index contributed by atoms with van der Waals surface area (Å²) in [6.07, 6.45) is 41.1. The first-order valence-corrected chi connectivity index (χ1v) is 24.7. The fourth-order valence-electron chi connectivity index (χ4n) is 6.78. The minimum atomic E-state index is -4.51. The Morgan fingerprint density at radius 2 is 0.852 bits per heavy atom. The number of esters is 1. The zero-order valence-corrected chi connectivity index (χ0v) is 37.6. The molecule has 1 unspecified atom stereocenters. The van der Waals surface area contributed by atoms with E-state index in [1.807, 2.05) is 21.1 Å². The first kappa shape index (κ1) is 53.5. The molecule has 0 amide bonds. The highest BCUT2D eigenvalue weighted by atomic mass is 31.2. The molecule has 0 bridgehead atoms. The number of carbonyl (C=O) groups excluding carboxylic acids is 1. The van der Waals surface area contributed by atoms with Gasteiger partial charge in [0.05, 0.1) is 34.4 Å². The standard InChI is InChI=1S/C45H92NO7P/c1-6-8-10-12-14-16-18-20-21-22-23-24-25-26-27-29-31-33-35-37-40-50-42-44(43-52-54(48,49)51-41-39-46(3,4)5)53-45(47)38-36-34-32-30-28-19-17-15-13-11-9-7-2/h44H,6-43H2,1-5H3/t44-/m1/s1. The van der Waals surface area contributed by atoms with Gasteiger partial charge in [0.1, 0.15) is 19.3 Å². The van der Waals surface area contributed by atoms with Crippen LogP contribution in [0.25, 0.3) is 0 Å². The molecular weight excluding hydrogens is 697 g/mol. The molecule has 0 aliphatic heterocycles. The molecule has 2 atom stereocenters. The SMILES string of the molecule is CCCCCCCCCCCCCCCCCCCCCCOC[C@H](COP(=O)([O-])OCC[N+](C)(C)C)OC(=O)CCCCCCCCCCCCCC. The second kappa shape index (κ2) is 39.3. The molecule has 9 heteroatoms. The summed E-state index contributed by atoms with van der Waals surface area (Å²) in [5, 5.41) is 0. The van der Waals surface area contributed by atoms with Crippen molar-refractivity contribution in [3.63, 3.8) is 0 Å². The first-order chi connectivity index (χ1) is 26.1. The minimum Gasteiger partial charge on any atom is -0.756 e. The third-order valence-electron chi connectivity index (χ3n) is 10.4. The quantitative estimate of drug-likeness (QED) is 0.0262. The van der Waals surface area contributed by atoms with Crippen LogP contribution in [0.15, 0.2) is 0 Å². The molecule has 0 saturated carbocycles. The number of carbonyl (C=O) groups is 1. The summed E-state index contributed by atoms with van der Waals surface area (Å²) in [4.78, 5) is 25.0. The number of likely N-dealkylation sites (N-methyl/N-ethyl adjacent to an activating group) is 1. The Labute approximate surface area is 336 Å². The molecule has 54 heavy (non-hydrogen) atoms. The number of phosphoric ester groups is 1. The Hall–Kier alpha value is -0.500. The Bertz CT molecular complexity index is 837. The van der Waals surface area contributed by atoms with Gasteiger partial charge in [-0.3, -0.25) is 9.36 Å². The van der Waals surface area contributed by atoms with Crippen LogP contribution in [0.4, 0.5) is 0 Å². The maximum atomic E-state index is 12.7. The van der Waals surface area contributed by atoms with Gasteiger partial charge in [0.2, 0.25) is 0 Å². The number of nitrogens with zero attached hydrogens (tertiary/aromatic N) is 1. The molecular formula is C45H92NO7P. The number of unbranched alkanes of at least 4 members (excludes halogenated alkanes) is 30. The van der Waals surface area contributed by atoms with Crippen molar-refractivity contribution in [2.24, 2.45) is 0 Å². The van der Waals surface area contributed by atoms with Gasteiger partial charge in [0.25, 0.3) is 7.82 Å². The minimum absolute atomic E-state index is 0.0314. The topological polar surface area (TPSA) is 94.1 Å². The third-order valence-corrected chi connectivity index (χ3v) is 11.4. The molecule has 0 aromatic rings. The highest BCUT2D eigenvalue weighted by Gasteiger charge is 2.20. The van der Waals surface area contributed by atoms with Crippen LogP contribution in [0.2, 0.25) is 0 Å². The average molecular weight is 790 g/mol. The predicted molar refractivity (Wildman–Crippen MR) is 227 cm³/mol. The number of hydrogen-bond acceptors (Lipinski definition) is 7. The molecule has 0 rings (SSSR count). The van der Waals surface area contributed by atoms with Crippen molar-refractivity contribution in [2.75, 3.05) is 54.1 Å². The maximum Gasteiger partial charge on any atom is 0.306 e. The van der Waals surface area contributed by atoms with E-state index in [-0.39, 0.29) is 25.8 Å². The zero-order valence-electron chi connectivity index (χ0n) is 36.7. The van der Waals surface area contributed by atoms with Crippen molar-refractivity contribution in [1.29, 1.82) is 0 Å². The molecule has 0 spiro atoms. The summed E-state index contributed by atoms with van der Waals surface area (Å²) in [5.74, 6) is -0.329. The lowest BCUT2D eigenvalue weighted by Crippen LogP contribution is -2.37. The van der Waals surface area contributed by atoms with E-state index in [2.05, 4.69) is 13.8 Å². The van der Waals surface area contributed by atoms with Crippen molar-refractivity contribution < 1.29 is 37.3 Å². The van der Waals surface area contributed by atoms with Gasteiger partial charge in [-0.25, -0.2) is 0 Å². The van der Waals surface area contributed by atoms with E-state index >= 15 is 0 Å². The summed E-state index contributed by atoms with van der Waals surface area (Å²) >= 11 is 0. The largest absolute Gasteiger partial charge is 0.756 e. The van der Waals surface area contributed by atoms with Crippen LogP contribution in [0.3, 0.4) is 0 Å². The van der Waals surface area contributed by atoms with E-state index in [4.69, 9.17) is 18.5 Å². The van der Waals surface area contributed by atoms with Gasteiger partial charge in [0.15, 0.2) is 0 Å². The van der Waals surface area contributed by atoms with Crippen molar-refractivity contribution in [3.8, 4) is 0 Å². The third kappa shape index (κ3) is 42.6. The monoisotopic (exact) mass is 790 g/mol. The molecule has 0 aliphatic carbocycles. The van der Waals surface area contributed by atoms with E-state index in [0.29, 0.717) is 24.1 Å². The highest BCUT2D eigenvalue weighted by molar-refractivity contribution is 7.45. The smallest absolute Gasteiger partial charge is 0.306 e. The van der Waals surface area contributed by atoms with Crippen LogP contribution >= 0.6 is 7.82 Å². The average Bonchev–Trinajstić information content (AvgIpc) is 3.12. The van der Waals surface area contributed by atoms with Crippen LogP contribution in [-0.4, -0.2) is 70.7 Å². The summed E-state index contributed by atoms with van der Waals surface area (Å²) in [7, 11) is 1.37. The Kier molecular flexibility index (Phi) is 39.0. The van der Waals surface area contributed by atoms with E-state index in [1.54, 1.807) is 0 Å². The lowest BCUT2D eigenvalue weighted by molar-refractivity contribution is -0.870. The predicted octanol–water partition coefficient (Wildman–Crippen LogP) is 13.0. The number of quaternary nitrogens is 1. The van der Waals surface area contributed by atoms with Crippen molar-refractivity contribution in [1.82, 2.24) is 0 Å². The normalized spacial score (nSPS) is 13.7. The van der Waals surface area contributed by atoms with Crippen molar-refractivity contribution in [3.05, 3.63) is 0 Å². The van der Waals surface area contributed by atoms with Crippen molar-refractivity contribution in [2.45, 2.75) is 232 Å². The molecule has 0 heterocycles. The molecule has 0 fully saturated rings. The highest BCUT2D eigenvalue weighted by Crippen LogP contribution is 2.38. The summed E-state index contributed by atoms with van der Waals surface area (Å²) in [6.45, 7) is 5.47. The van der Waals surface area contributed by atoms with Gasteiger partial charge in [0, 0.05) is 13.0 Å². The van der Waals surface area contributed by atoms with Gasteiger partial charge >= 0.3 is 5.97 Å². The molecule has 8 nitrogen and oxygen atoms in total. The first-order valence-electron chi connectivity index (χ1n) is 23.3. The Morgan fingerprint density at radius 1 is 0.500 bits per heavy atom. The Morgan fingerprint density at radius 3 is 1.22 bits per heavy atom. The van der Waals surface area contributed by atoms with E-state index in [1.165, 1.54) is 173 Å². The van der Waals surface area contributed by atoms with E-state index in [0.717, 1.165) is 32.1 Å². The maximum absolute atomic E-state index is 12.7. The van der Waals surface area contributed by atoms with Crippen molar-refractivity contribution >= 4 is 13.8 Å². The molecule has 0 aliphatic rings. The number of hydrogen-bond donors (Lipinski definition) is 0. The number of ether oxygens (including phenoxy) is 2. The zero-order chi connectivity index (χ0) is 39.9. The van der Waals surface area contributed by atoms with E-state index < -0.39 is 13.9 Å². The molecule has 0 aromatic carbocycles. The van der Waals surface area contributed by atoms with Crippen LogP contribution < -0.4 is 4.89 Å². The summed E-state index contributed by atoms with van der Waals surface area (Å²) in [5.41, 5.74) is 0. The van der Waals surface area contributed by atoms with Crippen LogP contribution in [0, 0.1) is 0 Å². The van der Waals surface area contributed by atoms with E-state index in [9.17, 15) is 14.3 Å². The Balaban J connectivity index is 4.09. The van der Waals surface area contributed by atoms with Crippen LogP contribution in [-0.2, 0) is 27.9 Å². The molecule has 0 radical (unpaired) electrons. The molecule has 0 saturated heterocycles. The van der Waals surface area contributed by atoms with Gasteiger partial charge in [-0.05, 0) is 12.8 Å². The van der Waals surface area contributed by atoms with Crippen LogP contribution in [0.5, 0.6) is 0 Å². The molecule has 0 N–H and O–H groups in total. The fourth-order valence-corrected chi connectivity index (χ4v) is 7.51. The molecule has 324 valence electrons. The summed E-state index contributed by atoms with van der Waals surface area (Å²) < 4.78 is 34.6. The lowest BCUT2D eigenvalue weighted by atomic mass is 10.0. The number of rotatable bonds is 44. The summed E-state index contributed by atoms with van der Waals surface area (Å²) in [6, 6.07) is 0.